The van der Waals surface area contributed by atoms with Gasteiger partial charge in [-0.1, -0.05) is 6.92 Å². The van der Waals surface area contributed by atoms with E-state index in [4.69, 9.17) is 11.5 Å². The molecule has 1 rings (SSSR count). The van der Waals surface area contributed by atoms with E-state index in [1.807, 2.05) is 25.7 Å². The lowest BCUT2D eigenvalue weighted by atomic mass is 10.00. The lowest BCUT2D eigenvalue weighted by Crippen LogP contribution is -2.34. The fourth-order valence-corrected chi connectivity index (χ4v) is 2.19. The van der Waals surface area contributed by atoms with Crippen LogP contribution in [0, 0.1) is 0 Å². The molecule has 0 aliphatic carbocycles. The zero-order valence-corrected chi connectivity index (χ0v) is 10.9. The molecule has 0 spiro atoms. The van der Waals surface area contributed by atoms with E-state index in [0.29, 0.717) is 5.57 Å². The van der Waals surface area contributed by atoms with E-state index in [1.54, 1.807) is 6.20 Å². The second-order valence-corrected chi connectivity index (χ2v) is 4.39. The Morgan fingerprint density at radius 1 is 1.67 bits per heavy atom. The Balaban J connectivity index is 3.33. The quantitative estimate of drug-likeness (QED) is 0.502. The van der Waals surface area contributed by atoms with Crippen molar-refractivity contribution in [3.63, 3.8) is 0 Å². The summed E-state index contributed by atoms with van der Waals surface area (Å²) in [4.78, 5) is 17.1. The molecule has 1 aliphatic rings. The Bertz CT molecular complexity index is 424. The third-order valence-electron chi connectivity index (χ3n) is 2.96. The summed E-state index contributed by atoms with van der Waals surface area (Å²) < 4.78 is 0. The zero-order valence-electron chi connectivity index (χ0n) is 10.9. The summed E-state index contributed by atoms with van der Waals surface area (Å²) in [6.45, 7) is 5.99. The van der Waals surface area contributed by atoms with Crippen LogP contribution in [0.4, 0.5) is 0 Å². The number of aliphatic carboxylic acids is 1. The molecule has 6 heteroatoms. The minimum absolute atomic E-state index is 0.0696. The van der Waals surface area contributed by atoms with Gasteiger partial charge in [0.25, 0.3) is 0 Å². The molecular weight excluding hydrogens is 232 g/mol. The molecule has 1 unspecified atom stereocenters. The van der Waals surface area contributed by atoms with Crippen LogP contribution in [0.15, 0.2) is 28.2 Å². The average molecular weight is 252 g/mol. The predicted octanol–water partition coefficient (Wildman–Crippen LogP) is 0.615. The van der Waals surface area contributed by atoms with Crippen LogP contribution in [0.3, 0.4) is 0 Å². The molecule has 1 atom stereocenters. The number of carboxylic acid groups (broad SMARTS) is 1. The molecule has 1 heterocycles. The molecule has 1 aliphatic heterocycles. The van der Waals surface area contributed by atoms with Crippen molar-refractivity contribution >= 4 is 12.3 Å². The number of hydrogen-bond acceptors (Lipinski definition) is 4. The van der Waals surface area contributed by atoms with Crippen LogP contribution >= 0.6 is 0 Å². The summed E-state index contributed by atoms with van der Waals surface area (Å²) in [6.07, 6.45) is 3.46. The van der Waals surface area contributed by atoms with Gasteiger partial charge in [0.15, 0.2) is 0 Å². The average Bonchev–Trinajstić information content (AvgIpc) is 2.68. The number of hydrogen-bond donors (Lipinski definition) is 3. The van der Waals surface area contributed by atoms with Gasteiger partial charge in [-0.15, -0.1) is 0 Å². The Morgan fingerprint density at radius 2 is 2.28 bits per heavy atom. The summed E-state index contributed by atoms with van der Waals surface area (Å²) in [5, 5.41) is 9.25. The van der Waals surface area contributed by atoms with Gasteiger partial charge in [-0.25, -0.2) is 9.79 Å². The van der Waals surface area contributed by atoms with Crippen LogP contribution in [-0.4, -0.2) is 34.4 Å². The molecular formula is C12H20N4O2. The van der Waals surface area contributed by atoms with Crippen LogP contribution < -0.4 is 11.5 Å². The van der Waals surface area contributed by atoms with Gasteiger partial charge >= 0.3 is 5.97 Å². The van der Waals surface area contributed by atoms with Crippen LogP contribution in [0.5, 0.6) is 0 Å². The minimum atomic E-state index is -0.998. The summed E-state index contributed by atoms with van der Waals surface area (Å²) in [6, 6.07) is 0.122. The molecule has 0 fully saturated rings. The number of rotatable bonds is 4. The summed E-state index contributed by atoms with van der Waals surface area (Å²) in [7, 11) is 0. The van der Waals surface area contributed by atoms with E-state index in [-0.39, 0.29) is 23.5 Å². The Kier molecular flexibility index (Phi) is 4.36. The number of nitrogens with zero attached hydrogens (tertiary/aromatic N) is 2. The monoisotopic (exact) mass is 252 g/mol. The van der Waals surface area contributed by atoms with Crippen molar-refractivity contribution in [2.75, 3.05) is 0 Å². The molecule has 6 nitrogen and oxygen atoms in total. The predicted molar refractivity (Wildman–Crippen MR) is 70.7 cm³/mol. The van der Waals surface area contributed by atoms with Gasteiger partial charge in [-0.3, -0.25) is 0 Å². The molecule has 0 amide bonds. The first-order valence-corrected chi connectivity index (χ1v) is 5.90. The van der Waals surface area contributed by atoms with E-state index < -0.39 is 5.97 Å². The van der Waals surface area contributed by atoms with Gasteiger partial charge < -0.3 is 21.5 Å². The lowest BCUT2D eigenvalue weighted by Gasteiger charge is -2.29. The highest BCUT2D eigenvalue weighted by molar-refractivity contribution is 5.93. The largest absolute Gasteiger partial charge is 0.478 e. The maximum atomic E-state index is 11.3. The maximum absolute atomic E-state index is 11.3. The highest BCUT2D eigenvalue weighted by Gasteiger charge is 2.35. The smallest absolute Gasteiger partial charge is 0.337 e. The van der Waals surface area contributed by atoms with Crippen molar-refractivity contribution in [1.29, 1.82) is 0 Å². The molecule has 0 radical (unpaired) electrons. The number of carboxylic acids is 1. The molecule has 0 aromatic rings. The fraction of sp³-hybridized carbons (Fsp3) is 0.500. The van der Waals surface area contributed by atoms with Crippen molar-refractivity contribution in [2.24, 2.45) is 16.5 Å². The number of carbonyl (C=O) groups is 1. The normalized spacial score (nSPS) is 22.8. The lowest BCUT2D eigenvalue weighted by molar-refractivity contribution is -0.132. The summed E-state index contributed by atoms with van der Waals surface area (Å²) >= 11 is 0. The molecule has 18 heavy (non-hydrogen) atoms. The van der Waals surface area contributed by atoms with Crippen molar-refractivity contribution in [1.82, 2.24) is 4.90 Å². The standard InChI is InChI=1S/C12H20N4O2/c1-4-9-10(11(14)15-6-13)8(12(17)18)5-16(9)7(2)3/h5-7,9H,4,14H2,1-3H3,(H2,13,15)(H,17,18)/b11-10-. The second kappa shape index (κ2) is 5.57. The number of aliphatic imine (C=N–C) groups is 1. The topological polar surface area (TPSA) is 105 Å². The number of nitrogens with two attached hydrogens (primary N) is 2. The van der Waals surface area contributed by atoms with Gasteiger partial charge in [-0.05, 0) is 20.3 Å². The molecule has 0 saturated carbocycles. The van der Waals surface area contributed by atoms with Gasteiger partial charge in [-0.2, -0.15) is 0 Å². The maximum Gasteiger partial charge on any atom is 0.337 e. The van der Waals surface area contributed by atoms with Crippen LogP contribution in [0.25, 0.3) is 0 Å². The van der Waals surface area contributed by atoms with Crippen LogP contribution in [0.1, 0.15) is 27.2 Å². The highest BCUT2D eigenvalue weighted by atomic mass is 16.4. The fourth-order valence-electron chi connectivity index (χ4n) is 2.19. The molecule has 5 N–H and O–H groups in total. The van der Waals surface area contributed by atoms with Crippen LogP contribution in [0.2, 0.25) is 0 Å². The van der Waals surface area contributed by atoms with Crippen molar-refractivity contribution in [2.45, 2.75) is 39.3 Å². The van der Waals surface area contributed by atoms with Crippen molar-refractivity contribution < 1.29 is 9.90 Å². The third kappa shape index (κ3) is 2.47. The summed E-state index contributed by atoms with van der Waals surface area (Å²) in [5.74, 6) is -0.831. The first-order chi connectivity index (χ1) is 8.43. The zero-order chi connectivity index (χ0) is 13.9. The van der Waals surface area contributed by atoms with Gasteiger partial charge in [0, 0.05) is 17.8 Å². The van der Waals surface area contributed by atoms with E-state index in [2.05, 4.69) is 4.99 Å². The minimum Gasteiger partial charge on any atom is -0.478 e. The van der Waals surface area contributed by atoms with Gasteiger partial charge in [0.1, 0.15) is 5.82 Å². The highest BCUT2D eigenvalue weighted by Crippen LogP contribution is 2.33. The van der Waals surface area contributed by atoms with E-state index in [0.717, 1.165) is 12.8 Å². The summed E-state index contributed by atoms with van der Waals surface area (Å²) in [5.41, 5.74) is 11.8. The molecule has 100 valence electrons. The van der Waals surface area contributed by atoms with E-state index in [1.165, 1.54) is 0 Å². The van der Waals surface area contributed by atoms with E-state index in [9.17, 15) is 9.90 Å². The molecule has 0 saturated heterocycles. The first kappa shape index (κ1) is 14.1. The third-order valence-corrected chi connectivity index (χ3v) is 2.96. The first-order valence-electron chi connectivity index (χ1n) is 5.90. The second-order valence-electron chi connectivity index (χ2n) is 4.39. The Hall–Kier alpha value is -1.98. The SMILES string of the molecule is CCC1/C(=C(N)\N=C/N)C(C(=O)O)=CN1C(C)C. The molecule has 0 aromatic carbocycles. The molecule has 0 aromatic heterocycles. The Labute approximate surface area is 107 Å². The van der Waals surface area contributed by atoms with Crippen LogP contribution in [-0.2, 0) is 4.79 Å². The molecule has 0 bridgehead atoms. The van der Waals surface area contributed by atoms with Crippen molar-refractivity contribution in [3.05, 3.63) is 23.2 Å². The van der Waals surface area contributed by atoms with E-state index >= 15 is 0 Å². The Morgan fingerprint density at radius 3 is 2.67 bits per heavy atom. The van der Waals surface area contributed by atoms with Gasteiger partial charge in [0.05, 0.1) is 18.0 Å². The van der Waals surface area contributed by atoms with Crippen molar-refractivity contribution in [3.8, 4) is 0 Å². The van der Waals surface area contributed by atoms with Gasteiger partial charge in [0.2, 0.25) is 0 Å².